The molecule has 0 bridgehead atoms. The Morgan fingerprint density at radius 3 is 2.26 bits per heavy atom. The van der Waals surface area contributed by atoms with E-state index in [0.717, 1.165) is 5.56 Å². The number of esters is 1. The zero-order valence-electron chi connectivity index (χ0n) is 12.6. The molecule has 0 aliphatic rings. The number of carbonyl (C=O) groups excluding carboxylic acids is 1. The molecular formula is C16H25NO2. The second kappa shape index (κ2) is 7.29. The third-order valence-corrected chi connectivity index (χ3v) is 3.82. The molecule has 2 unspecified atom stereocenters. The lowest BCUT2D eigenvalue weighted by molar-refractivity contribution is -0.143. The second-order valence-electron chi connectivity index (χ2n) is 5.41. The minimum absolute atomic E-state index is 0.172. The third-order valence-electron chi connectivity index (χ3n) is 3.82. The first-order chi connectivity index (χ1) is 8.97. The van der Waals surface area contributed by atoms with Crippen molar-refractivity contribution in [2.24, 2.45) is 5.92 Å². The van der Waals surface area contributed by atoms with Crippen LogP contribution < -0.4 is 0 Å². The molecular weight excluding hydrogens is 238 g/mol. The summed E-state index contributed by atoms with van der Waals surface area (Å²) < 4.78 is 4.94. The molecule has 1 aromatic carbocycles. The molecule has 0 aliphatic heterocycles. The van der Waals surface area contributed by atoms with Gasteiger partial charge in [-0.15, -0.1) is 0 Å². The largest absolute Gasteiger partial charge is 0.469 e. The lowest BCUT2D eigenvalue weighted by Gasteiger charge is -2.30. The number of carbonyl (C=O) groups is 1. The van der Waals surface area contributed by atoms with Crippen LogP contribution in [0.1, 0.15) is 32.3 Å². The lowest BCUT2D eigenvalue weighted by atomic mass is 9.97. The Balaban J connectivity index is 2.85. The molecule has 3 nitrogen and oxygen atoms in total. The van der Waals surface area contributed by atoms with Crippen LogP contribution in [-0.2, 0) is 9.53 Å². The van der Waals surface area contributed by atoms with Gasteiger partial charge in [-0.25, -0.2) is 0 Å². The van der Waals surface area contributed by atoms with E-state index in [9.17, 15) is 4.79 Å². The highest BCUT2D eigenvalue weighted by atomic mass is 16.5. The van der Waals surface area contributed by atoms with E-state index in [2.05, 4.69) is 32.7 Å². The van der Waals surface area contributed by atoms with Gasteiger partial charge in [0.1, 0.15) is 0 Å². The van der Waals surface area contributed by atoms with Gasteiger partial charge in [0, 0.05) is 12.6 Å². The van der Waals surface area contributed by atoms with Gasteiger partial charge in [-0.2, -0.15) is 0 Å². The minimum Gasteiger partial charge on any atom is -0.469 e. The van der Waals surface area contributed by atoms with Crippen molar-refractivity contribution in [1.29, 1.82) is 0 Å². The van der Waals surface area contributed by atoms with Crippen LogP contribution in [0.5, 0.6) is 0 Å². The van der Waals surface area contributed by atoms with Gasteiger partial charge in [0.15, 0.2) is 0 Å². The zero-order valence-corrected chi connectivity index (χ0v) is 12.6. The van der Waals surface area contributed by atoms with Crippen molar-refractivity contribution < 1.29 is 9.53 Å². The highest BCUT2D eigenvalue weighted by Gasteiger charge is 2.25. The molecule has 1 rings (SSSR count). The maximum Gasteiger partial charge on any atom is 0.314 e. The summed E-state index contributed by atoms with van der Waals surface area (Å²) in [5.41, 5.74) is 1.01. The van der Waals surface area contributed by atoms with Crippen molar-refractivity contribution in [3.8, 4) is 0 Å². The predicted molar refractivity (Wildman–Crippen MR) is 78.1 cm³/mol. The molecule has 0 aliphatic carbocycles. The molecule has 19 heavy (non-hydrogen) atoms. The highest BCUT2D eigenvalue weighted by Crippen LogP contribution is 2.20. The molecule has 2 atom stereocenters. The summed E-state index contributed by atoms with van der Waals surface area (Å²) in [7, 11) is 3.51. The van der Waals surface area contributed by atoms with Crippen molar-refractivity contribution in [3.05, 3.63) is 35.9 Å². The van der Waals surface area contributed by atoms with E-state index >= 15 is 0 Å². The van der Waals surface area contributed by atoms with Crippen LogP contribution in [0.25, 0.3) is 0 Å². The van der Waals surface area contributed by atoms with Gasteiger partial charge in [0.25, 0.3) is 0 Å². The number of likely N-dealkylation sites (N-methyl/N-ethyl adjacent to an activating group) is 1. The van der Waals surface area contributed by atoms with Crippen LogP contribution in [-0.4, -0.2) is 37.6 Å². The van der Waals surface area contributed by atoms with E-state index in [-0.39, 0.29) is 11.9 Å². The topological polar surface area (TPSA) is 29.5 Å². The minimum atomic E-state index is -0.225. The summed E-state index contributed by atoms with van der Waals surface area (Å²) in [6, 6.07) is 10.3. The summed E-state index contributed by atoms with van der Waals surface area (Å²) in [6.45, 7) is 7.24. The van der Waals surface area contributed by atoms with E-state index in [4.69, 9.17) is 4.74 Å². The Kier molecular flexibility index (Phi) is 6.03. The molecule has 0 aromatic heterocycles. The van der Waals surface area contributed by atoms with Gasteiger partial charge < -0.3 is 9.64 Å². The smallest absolute Gasteiger partial charge is 0.314 e. The summed E-state index contributed by atoms with van der Waals surface area (Å²) in [5, 5.41) is 0. The SMILES string of the molecule is COC(=O)C(CN(C)C(C)C(C)C)c1ccccc1. The molecule has 0 amide bonds. The molecule has 0 spiro atoms. The maximum atomic E-state index is 12.0. The zero-order chi connectivity index (χ0) is 14.4. The standard InChI is InChI=1S/C16H25NO2/c1-12(2)13(3)17(4)11-15(16(18)19-5)14-9-7-6-8-10-14/h6-10,12-13,15H,11H2,1-5H3. The van der Waals surface area contributed by atoms with Crippen LogP contribution >= 0.6 is 0 Å². The normalized spacial score (nSPS) is 14.5. The fraction of sp³-hybridized carbons (Fsp3) is 0.562. The first-order valence-electron chi connectivity index (χ1n) is 6.80. The van der Waals surface area contributed by atoms with Gasteiger partial charge in [0.05, 0.1) is 13.0 Å². The van der Waals surface area contributed by atoms with Gasteiger partial charge in [0.2, 0.25) is 0 Å². The van der Waals surface area contributed by atoms with Gasteiger partial charge in [-0.1, -0.05) is 44.2 Å². The Morgan fingerprint density at radius 2 is 1.79 bits per heavy atom. The number of hydrogen-bond donors (Lipinski definition) is 0. The molecule has 0 radical (unpaired) electrons. The van der Waals surface area contributed by atoms with Crippen molar-refractivity contribution >= 4 is 5.97 Å². The van der Waals surface area contributed by atoms with Crippen LogP contribution in [0.15, 0.2) is 30.3 Å². The van der Waals surface area contributed by atoms with Gasteiger partial charge in [-0.05, 0) is 25.5 Å². The quantitative estimate of drug-likeness (QED) is 0.739. The van der Waals surface area contributed by atoms with E-state index in [0.29, 0.717) is 18.5 Å². The number of hydrogen-bond acceptors (Lipinski definition) is 3. The van der Waals surface area contributed by atoms with Gasteiger partial charge >= 0.3 is 5.97 Å². The summed E-state index contributed by atoms with van der Waals surface area (Å²) in [5.74, 6) is 0.158. The first-order valence-corrected chi connectivity index (χ1v) is 6.80. The Morgan fingerprint density at radius 1 is 1.21 bits per heavy atom. The van der Waals surface area contributed by atoms with E-state index in [1.807, 2.05) is 30.3 Å². The van der Waals surface area contributed by atoms with E-state index < -0.39 is 0 Å². The lowest BCUT2D eigenvalue weighted by Crippen LogP contribution is -2.38. The van der Waals surface area contributed by atoms with E-state index in [1.54, 1.807) is 0 Å². The van der Waals surface area contributed by atoms with Crippen molar-refractivity contribution in [2.75, 3.05) is 20.7 Å². The molecule has 0 saturated carbocycles. The number of ether oxygens (including phenoxy) is 1. The molecule has 0 N–H and O–H groups in total. The average molecular weight is 263 g/mol. The van der Waals surface area contributed by atoms with Crippen LogP contribution in [0.4, 0.5) is 0 Å². The van der Waals surface area contributed by atoms with Gasteiger partial charge in [-0.3, -0.25) is 4.79 Å². The predicted octanol–water partition coefficient (Wildman–Crippen LogP) is 2.92. The number of rotatable bonds is 6. The Labute approximate surface area is 116 Å². The molecule has 1 aromatic rings. The average Bonchev–Trinajstić information content (AvgIpc) is 2.43. The molecule has 106 valence electrons. The highest BCUT2D eigenvalue weighted by molar-refractivity contribution is 5.78. The first kappa shape index (κ1) is 15.7. The fourth-order valence-electron chi connectivity index (χ4n) is 2.11. The summed E-state index contributed by atoms with van der Waals surface area (Å²) in [6.07, 6.45) is 0. The van der Waals surface area contributed by atoms with Crippen molar-refractivity contribution in [2.45, 2.75) is 32.7 Å². The van der Waals surface area contributed by atoms with E-state index in [1.165, 1.54) is 7.11 Å². The molecule has 0 heterocycles. The number of nitrogens with zero attached hydrogens (tertiary/aromatic N) is 1. The molecule has 0 saturated heterocycles. The number of benzene rings is 1. The van der Waals surface area contributed by atoms with Crippen LogP contribution in [0, 0.1) is 5.92 Å². The summed E-state index contributed by atoms with van der Waals surface area (Å²) >= 11 is 0. The fourth-order valence-corrected chi connectivity index (χ4v) is 2.11. The molecule has 0 fully saturated rings. The third kappa shape index (κ3) is 4.35. The Bertz CT molecular complexity index is 389. The summed E-state index contributed by atoms with van der Waals surface area (Å²) in [4.78, 5) is 14.2. The van der Waals surface area contributed by atoms with Crippen LogP contribution in [0.3, 0.4) is 0 Å². The molecule has 3 heteroatoms. The van der Waals surface area contributed by atoms with Crippen LogP contribution in [0.2, 0.25) is 0 Å². The van der Waals surface area contributed by atoms with Crippen molar-refractivity contribution in [1.82, 2.24) is 4.90 Å². The number of methoxy groups -OCH3 is 1. The monoisotopic (exact) mass is 263 g/mol. The van der Waals surface area contributed by atoms with Crippen molar-refractivity contribution in [3.63, 3.8) is 0 Å². The Hall–Kier alpha value is -1.35. The second-order valence-corrected chi connectivity index (χ2v) is 5.41. The maximum absolute atomic E-state index is 12.0.